The minimum absolute atomic E-state index is 0.0473. The standard InChI is InChI=1S/C27H26FNO6/c1-32-24-16-21(29-12-11-22(30)18-7-9-20(28)10-8-18)19(15-23(24)31)6-5-17-13-25(33-2)27(35-4)26(14-17)34-3/h5-16,29,31H,1-4H3. The summed E-state index contributed by atoms with van der Waals surface area (Å²) in [5.41, 5.74) is 2.32. The van der Waals surface area contributed by atoms with Crippen molar-refractivity contribution in [2.24, 2.45) is 0 Å². The van der Waals surface area contributed by atoms with Crippen LogP contribution in [0, 0.1) is 5.82 Å². The van der Waals surface area contributed by atoms with E-state index in [0.29, 0.717) is 34.1 Å². The Morgan fingerprint density at radius 2 is 1.49 bits per heavy atom. The van der Waals surface area contributed by atoms with Gasteiger partial charge in [0, 0.05) is 35.2 Å². The second-order valence-electron chi connectivity index (χ2n) is 7.25. The summed E-state index contributed by atoms with van der Waals surface area (Å²) in [4.78, 5) is 12.3. The molecule has 8 heteroatoms. The van der Waals surface area contributed by atoms with Crippen LogP contribution in [0.2, 0.25) is 0 Å². The third kappa shape index (κ3) is 6.11. The molecule has 0 saturated carbocycles. The lowest BCUT2D eigenvalue weighted by molar-refractivity contribution is 0.104. The zero-order valence-corrected chi connectivity index (χ0v) is 19.8. The van der Waals surface area contributed by atoms with Gasteiger partial charge in [-0.05, 0) is 48.0 Å². The van der Waals surface area contributed by atoms with Gasteiger partial charge < -0.3 is 29.4 Å². The number of phenolic OH excluding ortho intramolecular Hbond substituents is 1. The van der Waals surface area contributed by atoms with Crippen LogP contribution in [0.25, 0.3) is 12.2 Å². The van der Waals surface area contributed by atoms with Crippen molar-refractivity contribution < 1.29 is 33.2 Å². The molecule has 0 fully saturated rings. The molecule has 0 spiro atoms. The molecular weight excluding hydrogens is 453 g/mol. The van der Waals surface area contributed by atoms with Crippen LogP contribution in [0.1, 0.15) is 21.5 Å². The van der Waals surface area contributed by atoms with Gasteiger partial charge in [0.2, 0.25) is 5.75 Å². The number of nitrogens with one attached hydrogen (secondary N) is 1. The molecular formula is C27H26FNO6. The van der Waals surface area contributed by atoms with E-state index in [4.69, 9.17) is 18.9 Å². The first kappa shape index (κ1) is 25.2. The molecule has 35 heavy (non-hydrogen) atoms. The third-order valence-corrected chi connectivity index (χ3v) is 5.10. The van der Waals surface area contributed by atoms with Gasteiger partial charge in [0.05, 0.1) is 28.4 Å². The number of hydrogen-bond acceptors (Lipinski definition) is 7. The van der Waals surface area contributed by atoms with E-state index in [9.17, 15) is 14.3 Å². The van der Waals surface area contributed by atoms with Crippen molar-refractivity contribution in [3.8, 4) is 28.7 Å². The van der Waals surface area contributed by atoms with E-state index in [2.05, 4.69) is 5.32 Å². The van der Waals surface area contributed by atoms with Crippen molar-refractivity contribution in [3.05, 3.63) is 83.3 Å². The van der Waals surface area contributed by atoms with Crippen molar-refractivity contribution in [2.45, 2.75) is 0 Å². The van der Waals surface area contributed by atoms with Crippen molar-refractivity contribution >= 4 is 23.6 Å². The van der Waals surface area contributed by atoms with Crippen molar-refractivity contribution in [2.75, 3.05) is 33.8 Å². The highest BCUT2D eigenvalue weighted by Gasteiger charge is 2.13. The highest BCUT2D eigenvalue weighted by Crippen LogP contribution is 2.39. The fourth-order valence-corrected chi connectivity index (χ4v) is 3.31. The number of benzene rings is 3. The molecule has 0 atom stereocenters. The Morgan fingerprint density at radius 1 is 0.857 bits per heavy atom. The summed E-state index contributed by atoms with van der Waals surface area (Å²) < 4.78 is 34.4. The molecule has 182 valence electrons. The predicted octanol–water partition coefficient (Wildman–Crippen LogP) is 5.54. The predicted molar refractivity (Wildman–Crippen MR) is 133 cm³/mol. The lowest BCUT2D eigenvalue weighted by atomic mass is 10.1. The Morgan fingerprint density at radius 3 is 2.06 bits per heavy atom. The number of ketones is 1. The zero-order valence-electron chi connectivity index (χ0n) is 19.8. The van der Waals surface area contributed by atoms with E-state index in [-0.39, 0.29) is 17.3 Å². The summed E-state index contributed by atoms with van der Waals surface area (Å²) in [6, 6.07) is 12.0. The minimum atomic E-state index is -0.414. The Balaban J connectivity index is 1.90. The molecule has 3 aromatic carbocycles. The number of anilines is 1. The van der Waals surface area contributed by atoms with Crippen molar-refractivity contribution in [3.63, 3.8) is 0 Å². The summed E-state index contributed by atoms with van der Waals surface area (Å²) in [5, 5.41) is 13.3. The van der Waals surface area contributed by atoms with Crippen molar-refractivity contribution in [1.29, 1.82) is 0 Å². The number of phenols is 1. The molecule has 2 N–H and O–H groups in total. The summed E-state index contributed by atoms with van der Waals surface area (Å²) in [7, 11) is 6.04. The molecule has 7 nitrogen and oxygen atoms in total. The zero-order chi connectivity index (χ0) is 25.4. The maximum absolute atomic E-state index is 13.1. The lowest BCUT2D eigenvalue weighted by Crippen LogP contribution is -1.98. The molecule has 0 aliphatic rings. The number of methoxy groups -OCH3 is 4. The summed E-state index contributed by atoms with van der Waals surface area (Å²) >= 11 is 0. The second-order valence-corrected chi connectivity index (χ2v) is 7.25. The number of ether oxygens (including phenoxy) is 4. The Kier molecular flexibility index (Phi) is 8.34. The molecule has 0 saturated heterocycles. The number of aromatic hydroxyl groups is 1. The van der Waals surface area contributed by atoms with E-state index < -0.39 is 5.82 Å². The number of rotatable bonds is 10. The minimum Gasteiger partial charge on any atom is -0.504 e. The van der Waals surface area contributed by atoms with Gasteiger partial charge in [0.25, 0.3) is 0 Å². The van der Waals surface area contributed by atoms with Gasteiger partial charge >= 0.3 is 0 Å². The lowest BCUT2D eigenvalue weighted by Gasteiger charge is -2.13. The Labute approximate surface area is 203 Å². The third-order valence-electron chi connectivity index (χ3n) is 5.10. The summed E-state index contributed by atoms with van der Waals surface area (Å²) in [5.74, 6) is 0.993. The van der Waals surface area contributed by atoms with Gasteiger partial charge in [0.15, 0.2) is 28.8 Å². The molecule has 3 rings (SSSR count). The summed E-state index contributed by atoms with van der Waals surface area (Å²) in [6.07, 6.45) is 6.38. The first-order valence-electron chi connectivity index (χ1n) is 10.5. The van der Waals surface area contributed by atoms with Gasteiger partial charge in [-0.3, -0.25) is 4.79 Å². The summed E-state index contributed by atoms with van der Waals surface area (Å²) in [6.45, 7) is 0. The van der Waals surface area contributed by atoms with Crippen LogP contribution in [0.4, 0.5) is 10.1 Å². The molecule has 0 unspecified atom stereocenters. The number of carbonyl (C=O) groups is 1. The van der Waals surface area contributed by atoms with Crippen LogP contribution in [0.3, 0.4) is 0 Å². The largest absolute Gasteiger partial charge is 0.504 e. The first-order chi connectivity index (χ1) is 16.9. The molecule has 0 bridgehead atoms. The topological polar surface area (TPSA) is 86.3 Å². The number of carbonyl (C=O) groups excluding carboxylic acids is 1. The van der Waals surface area contributed by atoms with E-state index in [0.717, 1.165) is 5.56 Å². The van der Waals surface area contributed by atoms with E-state index in [1.54, 1.807) is 24.3 Å². The first-order valence-corrected chi connectivity index (χ1v) is 10.5. The van der Waals surface area contributed by atoms with Gasteiger partial charge in [-0.1, -0.05) is 12.2 Å². The quantitative estimate of drug-likeness (QED) is 0.171. The maximum atomic E-state index is 13.1. The van der Waals surface area contributed by atoms with E-state index in [1.807, 2.05) is 6.08 Å². The van der Waals surface area contributed by atoms with Crippen LogP contribution < -0.4 is 24.3 Å². The highest BCUT2D eigenvalue weighted by atomic mass is 19.1. The fraction of sp³-hybridized carbons (Fsp3) is 0.148. The van der Waals surface area contributed by atoms with Gasteiger partial charge in [0.1, 0.15) is 5.82 Å². The Hall–Kier alpha value is -4.46. The van der Waals surface area contributed by atoms with Crippen LogP contribution in [0.15, 0.2) is 60.8 Å². The Bertz CT molecular complexity index is 1230. The molecule has 3 aromatic rings. The highest BCUT2D eigenvalue weighted by molar-refractivity contribution is 6.04. The smallest absolute Gasteiger partial charge is 0.203 e. The second kappa shape index (κ2) is 11.6. The molecule has 0 amide bonds. The van der Waals surface area contributed by atoms with Crippen LogP contribution >= 0.6 is 0 Å². The van der Waals surface area contributed by atoms with Gasteiger partial charge in [-0.2, -0.15) is 0 Å². The average molecular weight is 480 g/mol. The SMILES string of the molecule is COc1cc(NC=CC(=O)c2ccc(F)cc2)c(C=Cc2cc(OC)c(OC)c(OC)c2)cc1O. The van der Waals surface area contributed by atoms with E-state index in [1.165, 1.54) is 71.0 Å². The molecule has 0 radical (unpaired) electrons. The van der Waals surface area contributed by atoms with Crippen molar-refractivity contribution in [1.82, 2.24) is 0 Å². The molecule has 0 heterocycles. The number of hydrogen-bond donors (Lipinski definition) is 2. The average Bonchev–Trinajstić information content (AvgIpc) is 2.87. The number of halogens is 1. The monoisotopic (exact) mass is 479 g/mol. The molecule has 0 aliphatic carbocycles. The number of allylic oxidation sites excluding steroid dienone is 1. The normalized spacial score (nSPS) is 11.0. The van der Waals surface area contributed by atoms with E-state index >= 15 is 0 Å². The van der Waals surface area contributed by atoms with Gasteiger partial charge in [-0.25, -0.2) is 4.39 Å². The fourth-order valence-electron chi connectivity index (χ4n) is 3.31. The maximum Gasteiger partial charge on any atom is 0.203 e. The van der Waals surface area contributed by atoms with Crippen LogP contribution in [-0.2, 0) is 0 Å². The van der Waals surface area contributed by atoms with Crippen LogP contribution in [-0.4, -0.2) is 39.3 Å². The molecule has 0 aliphatic heterocycles. The molecule has 0 aromatic heterocycles. The van der Waals surface area contributed by atoms with Gasteiger partial charge in [-0.15, -0.1) is 0 Å². The van der Waals surface area contributed by atoms with Crippen LogP contribution in [0.5, 0.6) is 28.7 Å².